The minimum atomic E-state index is -0.381. The van der Waals surface area contributed by atoms with Gasteiger partial charge in [0.25, 0.3) is 0 Å². The maximum Gasteiger partial charge on any atom is 0.226 e. The molecule has 2 aromatic rings. The second-order valence-corrected chi connectivity index (χ2v) is 5.80. The van der Waals surface area contributed by atoms with E-state index in [2.05, 4.69) is 5.32 Å². The highest BCUT2D eigenvalue weighted by molar-refractivity contribution is 5.94. The topological polar surface area (TPSA) is 67.9 Å². The second-order valence-electron chi connectivity index (χ2n) is 5.80. The zero-order valence-corrected chi connectivity index (χ0v) is 14.3. The Kier molecular flexibility index (Phi) is 5.36. The minimum Gasteiger partial charge on any atom is -0.486 e. The van der Waals surface area contributed by atoms with Gasteiger partial charge in [0.15, 0.2) is 11.5 Å². The van der Waals surface area contributed by atoms with Crippen molar-refractivity contribution in [1.29, 1.82) is 0 Å². The van der Waals surface area contributed by atoms with Gasteiger partial charge in [-0.15, -0.1) is 0 Å². The summed E-state index contributed by atoms with van der Waals surface area (Å²) in [6, 6.07) is 10.7. The number of nitrogens with zero attached hydrogens (tertiary/aromatic N) is 1. The zero-order valence-electron chi connectivity index (χ0n) is 14.3. The van der Waals surface area contributed by atoms with E-state index >= 15 is 0 Å². The number of rotatable bonds is 5. The van der Waals surface area contributed by atoms with E-state index in [1.165, 1.54) is 36.1 Å². The quantitative estimate of drug-likeness (QED) is 0.892. The summed E-state index contributed by atoms with van der Waals surface area (Å²) < 4.78 is 24.0. The molecule has 0 unspecified atom stereocenters. The number of nitrogens with one attached hydrogen (secondary N) is 1. The van der Waals surface area contributed by atoms with Crippen LogP contribution in [0.2, 0.25) is 0 Å². The van der Waals surface area contributed by atoms with Gasteiger partial charge in [-0.25, -0.2) is 4.39 Å². The molecule has 0 aliphatic carbocycles. The van der Waals surface area contributed by atoms with Crippen molar-refractivity contribution < 1.29 is 23.5 Å². The van der Waals surface area contributed by atoms with Crippen molar-refractivity contribution >= 4 is 23.2 Å². The van der Waals surface area contributed by atoms with Crippen LogP contribution >= 0.6 is 0 Å². The summed E-state index contributed by atoms with van der Waals surface area (Å²) in [7, 11) is 0. The van der Waals surface area contributed by atoms with Crippen LogP contribution in [0, 0.1) is 5.82 Å². The molecule has 7 heteroatoms. The third-order valence-electron chi connectivity index (χ3n) is 3.91. The molecule has 6 nitrogen and oxygen atoms in total. The molecule has 0 radical (unpaired) electrons. The Morgan fingerprint density at radius 2 is 1.77 bits per heavy atom. The number of anilines is 2. The number of amides is 2. The first kappa shape index (κ1) is 17.7. The van der Waals surface area contributed by atoms with E-state index in [0.29, 0.717) is 36.1 Å². The molecule has 0 spiro atoms. The van der Waals surface area contributed by atoms with Gasteiger partial charge in [-0.1, -0.05) is 0 Å². The second kappa shape index (κ2) is 7.86. The van der Waals surface area contributed by atoms with Crippen molar-refractivity contribution in [3.63, 3.8) is 0 Å². The molecule has 0 saturated heterocycles. The molecule has 0 saturated carbocycles. The lowest BCUT2D eigenvalue weighted by molar-refractivity contribution is -0.117. The molecule has 0 fully saturated rings. The summed E-state index contributed by atoms with van der Waals surface area (Å²) in [5, 5.41) is 2.77. The van der Waals surface area contributed by atoms with Crippen molar-refractivity contribution in [2.24, 2.45) is 0 Å². The number of fused-ring (bicyclic) bond motifs is 1. The summed E-state index contributed by atoms with van der Waals surface area (Å²) in [6.07, 6.45) is 0.103. The van der Waals surface area contributed by atoms with E-state index in [-0.39, 0.29) is 30.6 Å². The molecule has 136 valence electrons. The molecular weight excluding hydrogens is 339 g/mol. The molecule has 26 heavy (non-hydrogen) atoms. The van der Waals surface area contributed by atoms with E-state index in [1.807, 2.05) is 0 Å². The van der Waals surface area contributed by atoms with Crippen LogP contribution in [0.1, 0.15) is 13.3 Å². The molecule has 0 aromatic heterocycles. The number of carbonyl (C=O) groups excluding carboxylic acids is 2. The lowest BCUT2D eigenvalue weighted by Crippen LogP contribution is -2.31. The van der Waals surface area contributed by atoms with Gasteiger partial charge in [-0.05, 0) is 36.4 Å². The standard InChI is InChI=1S/C19H19FN2O4/c1-13(23)22(16-5-2-14(20)3-6-16)9-8-19(24)21-15-4-7-17-18(12-15)26-11-10-25-17/h2-7,12H,8-11H2,1H3,(H,21,24). The van der Waals surface area contributed by atoms with Crippen molar-refractivity contribution in [2.45, 2.75) is 13.3 Å². The van der Waals surface area contributed by atoms with Crippen molar-refractivity contribution in [1.82, 2.24) is 0 Å². The molecule has 0 atom stereocenters. The lowest BCUT2D eigenvalue weighted by atomic mass is 10.2. The Hall–Kier alpha value is -3.09. The summed E-state index contributed by atoms with van der Waals surface area (Å²) in [5.74, 6) is 0.395. The van der Waals surface area contributed by atoms with E-state index in [9.17, 15) is 14.0 Å². The van der Waals surface area contributed by atoms with Crippen LogP contribution in [0.4, 0.5) is 15.8 Å². The van der Waals surface area contributed by atoms with Crippen molar-refractivity contribution in [2.75, 3.05) is 30.0 Å². The van der Waals surface area contributed by atoms with Gasteiger partial charge < -0.3 is 19.7 Å². The minimum absolute atomic E-state index is 0.103. The number of carbonyl (C=O) groups is 2. The zero-order chi connectivity index (χ0) is 18.5. The van der Waals surface area contributed by atoms with Gasteiger partial charge in [0.05, 0.1) is 0 Å². The highest BCUT2D eigenvalue weighted by Gasteiger charge is 2.15. The average molecular weight is 358 g/mol. The van der Waals surface area contributed by atoms with Crippen LogP contribution < -0.4 is 19.7 Å². The predicted molar refractivity (Wildman–Crippen MR) is 95.1 cm³/mol. The maximum absolute atomic E-state index is 13.0. The smallest absolute Gasteiger partial charge is 0.226 e. The summed E-state index contributed by atoms with van der Waals surface area (Å²) >= 11 is 0. The first-order chi connectivity index (χ1) is 12.5. The Balaban J connectivity index is 1.60. The molecule has 1 heterocycles. The molecule has 2 aromatic carbocycles. The van der Waals surface area contributed by atoms with Crippen LogP contribution in [-0.2, 0) is 9.59 Å². The SMILES string of the molecule is CC(=O)N(CCC(=O)Nc1ccc2c(c1)OCCO2)c1ccc(F)cc1. The first-order valence-corrected chi connectivity index (χ1v) is 8.26. The van der Waals surface area contributed by atoms with Gasteiger partial charge in [-0.3, -0.25) is 9.59 Å². The fourth-order valence-electron chi connectivity index (χ4n) is 2.65. The summed E-state index contributed by atoms with van der Waals surface area (Å²) in [5.41, 5.74) is 1.14. The van der Waals surface area contributed by atoms with Crippen LogP contribution in [0.25, 0.3) is 0 Å². The van der Waals surface area contributed by atoms with Gasteiger partial charge in [0.2, 0.25) is 11.8 Å². The number of hydrogen-bond acceptors (Lipinski definition) is 4. The third-order valence-corrected chi connectivity index (χ3v) is 3.91. The van der Waals surface area contributed by atoms with Gasteiger partial charge >= 0.3 is 0 Å². The number of benzene rings is 2. The fraction of sp³-hybridized carbons (Fsp3) is 0.263. The van der Waals surface area contributed by atoms with Crippen molar-refractivity contribution in [3.05, 3.63) is 48.3 Å². The Morgan fingerprint density at radius 3 is 2.46 bits per heavy atom. The van der Waals surface area contributed by atoms with E-state index in [4.69, 9.17) is 9.47 Å². The van der Waals surface area contributed by atoms with Crippen LogP contribution in [0.15, 0.2) is 42.5 Å². The molecule has 1 N–H and O–H groups in total. The Morgan fingerprint density at radius 1 is 1.08 bits per heavy atom. The summed E-state index contributed by atoms with van der Waals surface area (Å²) in [6.45, 7) is 2.57. The molecule has 1 aliphatic rings. The number of halogens is 1. The number of ether oxygens (including phenoxy) is 2. The largest absolute Gasteiger partial charge is 0.486 e. The van der Waals surface area contributed by atoms with Gasteiger partial charge in [0, 0.05) is 37.3 Å². The third kappa shape index (κ3) is 4.30. The van der Waals surface area contributed by atoms with E-state index in [1.54, 1.807) is 18.2 Å². The molecule has 3 rings (SSSR count). The molecule has 2 amide bonds. The van der Waals surface area contributed by atoms with Crippen LogP contribution in [-0.4, -0.2) is 31.6 Å². The van der Waals surface area contributed by atoms with Gasteiger partial charge in [0.1, 0.15) is 19.0 Å². The monoisotopic (exact) mass is 358 g/mol. The van der Waals surface area contributed by atoms with Crippen molar-refractivity contribution in [3.8, 4) is 11.5 Å². The van der Waals surface area contributed by atoms with E-state index < -0.39 is 0 Å². The lowest BCUT2D eigenvalue weighted by Gasteiger charge is -2.21. The van der Waals surface area contributed by atoms with Crippen LogP contribution in [0.3, 0.4) is 0 Å². The average Bonchev–Trinajstić information content (AvgIpc) is 2.63. The molecular formula is C19H19FN2O4. The highest BCUT2D eigenvalue weighted by Crippen LogP contribution is 2.32. The molecule has 0 bridgehead atoms. The Labute approximate surface area is 150 Å². The Bertz CT molecular complexity index is 808. The van der Waals surface area contributed by atoms with Crippen LogP contribution in [0.5, 0.6) is 11.5 Å². The normalized spacial score (nSPS) is 12.4. The summed E-state index contributed by atoms with van der Waals surface area (Å²) in [4.78, 5) is 25.5. The first-order valence-electron chi connectivity index (χ1n) is 8.26. The molecule has 1 aliphatic heterocycles. The highest BCUT2D eigenvalue weighted by atomic mass is 19.1. The predicted octanol–water partition coefficient (Wildman–Crippen LogP) is 2.98. The van der Waals surface area contributed by atoms with Gasteiger partial charge in [-0.2, -0.15) is 0 Å². The maximum atomic E-state index is 13.0. The number of hydrogen-bond donors (Lipinski definition) is 1. The van der Waals surface area contributed by atoms with E-state index in [0.717, 1.165) is 0 Å². The fourth-order valence-corrected chi connectivity index (χ4v) is 2.65.